The molecule has 1 heterocycles. The number of piperidine rings is 1. The fourth-order valence-corrected chi connectivity index (χ4v) is 5.19. The number of hydrogen-bond acceptors (Lipinski definition) is 5. The Hall–Kier alpha value is -2.12. The van der Waals surface area contributed by atoms with Crippen molar-refractivity contribution < 1.29 is 17.9 Å². The van der Waals surface area contributed by atoms with Gasteiger partial charge in [-0.25, -0.2) is 8.42 Å². The second kappa shape index (κ2) is 7.25. The summed E-state index contributed by atoms with van der Waals surface area (Å²) in [7, 11) is 1.62. The van der Waals surface area contributed by atoms with Crippen LogP contribution in [0.3, 0.4) is 0 Å². The summed E-state index contributed by atoms with van der Waals surface area (Å²) in [5, 5.41) is 1.62. The predicted octanol–water partition coefficient (Wildman–Crippen LogP) is 2.48. The largest absolute Gasteiger partial charge is 0.469 e. The van der Waals surface area contributed by atoms with Gasteiger partial charge in [0.25, 0.3) is 0 Å². The van der Waals surface area contributed by atoms with Crippen LogP contribution in [0.4, 0.5) is 5.69 Å². The maximum atomic E-state index is 13.2. The average Bonchev–Trinajstić information content (AvgIpc) is 2.66. The molecule has 1 fully saturated rings. The van der Waals surface area contributed by atoms with Gasteiger partial charge < -0.3 is 9.64 Å². The summed E-state index contributed by atoms with van der Waals surface area (Å²) >= 11 is 0. The zero-order valence-electron chi connectivity index (χ0n) is 15.3. The summed E-state index contributed by atoms with van der Waals surface area (Å²) < 4.78 is 32.7. The van der Waals surface area contributed by atoms with Gasteiger partial charge in [0.05, 0.1) is 17.9 Å². The minimum Gasteiger partial charge on any atom is -0.469 e. The molecule has 0 bridgehead atoms. The normalized spacial score (nSPS) is 16.6. The van der Waals surface area contributed by atoms with E-state index in [2.05, 4.69) is 0 Å². The molecule has 140 valence electrons. The van der Waals surface area contributed by atoms with Gasteiger partial charge in [-0.15, -0.1) is 0 Å². The van der Waals surface area contributed by atoms with Crippen molar-refractivity contribution in [3.8, 4) is 0 Å². The molecule has 0 radical (unpaired) electrons. The summed E-state index contributed by atoms with van der Waals surface area (Å²) in [4.78, 5) is 14.0. The number of anilines is 1. The fraction of sp³-hybridized carbons (Fsp3) is 0.421. The van der Waals surface area contributed by atoms with E-state index in [-0.39, 0.29) is 11.9 Å². The fourth-order valence-electron chi connectivity index (χ4n) is 3.52. The lowest BCUT2D eigenvalue weighted by Gasteiger charge is -2.30. The van der Waals surface area contributed by atoms with Crippen molar-refractivity contribution in [2.75, 3.05) is 39.2 Å². The number of benzene rings is 2. The number of esters is 1. The first-order chi connectivity index (χ1) is 12.4. The minimum absolute atomic E-state index is 0.223. The van der Waals surface area contributed by atoms with Gasteiger partial charge in [-0.2, -0.15) is 4.31 Å². The maximum Gasteiger partial charge on any atom is 0.308 e. The van der Waals surface area contributed by atoms with Crippen LogP contribution in [0.15, 0.2) is 41.3 Å². The molecule has 0 amide bonds. The predicted molar refractivity (Wildman–Crippen MR) is 102 cm³/mol. The monoisotopic (exact) mass is 376 g/mol. The Labute approximate surface area is 154 Å². The lowest BCUT2D eigenvalue weighted by atomic mass is 9.99. The summed E-state index contributed by atoms with van der Waals surface area (Å²) in [6.07, 6.45) is 0.971. The van der Waals surface area contributed by atoms with Gasteiger partial charge in [0.2, 0.25) is 10.0 Å². The Bertz CT molecular complexity index is 916. The highest BCUT2D eigenvalue weighted by Crippen LogP contribution is 2.33. The van der Waals surface area contributed by atoms with Crippen LogP contribution < -0.4 is 4.90 Å². The molecular formula is C19H24N2O4S. The first kappa shape index (κ1) is 18.7. The van der Waals surface area contributed by atoms with E-state index < -0.39 is 10.0 Å². The Morgan fingerprint density at radius 1 is 1.08 bits per heavy atom. The van der Waals surface area contributed by atoms with E-state index in [4.69, 9.17) is 4.74 Å². The highest BCUT2D eigenvalue weighted by molar-refractivity contribution is 7.89. The molecule has 2 aromatic rings. The Morgan fingerprint density at radius 2 is 1.69 bits per heavy atom. The van der Waals surface area contributed by atoms with Gasteiger partial charge in [0, 0.05) is 43.6 Å². The smallest absolute Gasteiger partial charge is 0.308 e. The van der Waals surface area contributed by atoms with Crippen LogP contribution in [0.5, 0.6) is 0 Å². The molecule has 0 aliphatic carbocycles. The second-order valence-corrected chi connectivity index (χ2v) is 8.63. The zero-order valence-corrected chi connectivity index (χ0v) is 16.1. The highest BCUT2D eigenvalue weighted by Gasteiger charge is 2.33. The van der Waals surface area contributed by atoms with Crippen LogP contribution in [0.1, 0.15) is 12.8 Å². The zero-order chi connectivity index (χ0) is 18.9. The van der Waals surface area contributed by atoms with Crippen LogP contribution in [0.2, 0.25) is 0 Å². The summed E-state index contributed by atoms with van der Waals surface area (Å²) in [6.45, 7) is 0.651. The maximum absolute atomic E-state index is 13.2. The van der Waals surface area contributed by atoms with Crippen LogP contribution in [-0.2, 0) is 19.6 Å². The molecule has 26 heavy (non-hydrogen) atoms. The third kappa shape index (κ3) is 3.29. The van der Waals surface area contributed by atoms with Crippen molar-refractivity contribution in [1.29, 1.82) is 0 Å². The third-order valence-corrected chi connectivity index (χ3v) is 6.90. The molecule has 0 N–H and O–H groups in total. The number of carbonyl (C=O) groups is 1. The van der Waals surface area contributed by atoms with E-state index in [0.717, 1.165) is 11.1 Å². The van der Waals surface area contributed by atoms with Gasteiger partial charge in [0.1, 0.15) is 0 Å². The van der Waals surface area contributed by atoms with Gasteiger partial charge >= 0.3 is 5.97 Å². The third-order valence-electron chi connectivity index (χ3n) is 4.95. The SMILES string of the molecule is COC(=O)C1CCN(S(=O)(=O)c2cccc3c(N(C)C)cccc23)CC1. The molecule has 0 saturated carbocycles. The number of hydrogen-bond donors (Lipinski definition) is 0. The van der Waals surface area contributed by atoms with Gasteiger partial charge in [-0.05, 0) is 25.0 Å². The lowest BCUT2D eigenvalue weighted by Crippen LogP contribution is -2.40. The first-order valence-electron chi connectivity index (χ1n) is 8.63. The summed E-state index contributed by atoms with van der Waals surface area (Å²) in [6, 6.07) is 11.1. The van der Waals surface area contributed by atoms with E-state index in [1.54, 1.807) is 12.1 Å². The quantitative estimate of drug-likeness (QED) is 0.767. The molecule has 1 aliphatic rings. The van der Waals surface area contributed by atoms with E-state index in [9.17, 15) is 13.2 Å². The van der Waals surface area contributed by atoms with E-state index in [0.29, 0.717) is 36.2 Å². The van der Waals surface area contributed by atoms with Crippen molar-refractivity contribution in [2.45, 2.75) is 17.7 Å². The average molecular weight is 376 g/mol. The summed E-state index contributed by atoms with van der Waals surface area (Å²) in [5.74, 6) is -0.484. The molecule has 1 saturated heterocycles. The van der Waals surface area contributed by atoms with Crippen LogP contribution in [0, 0.1) is 5.92 Å². The molecule has 0 atom stereocenters. The van der Waals surface area contributed by atoms with Gasteiger partial charge in [-0.3, -0.25) is 4.79 Å². The number of methoxy groups -OCH3 is 1. The summed E-state index contributed by atoms with van der Waals surface area (Å²) in [5.41, 5.74) is 0.976. The van der Waals surface area contributed by atoms with Gasteiger partial charge in [0.15, 0.2) is 0 Å². The Kier molecular flexibility index (Phi) is 5.20. The van der Waals surface area contributed by atoms with E-state index in [1.807, 2.05) is 43.3 Å². The van der Waals surface area contributed by atoms with E-state index in [1.165, 1.54) is 11.4 Å². The lowest BCUT2D eigenvalue weighted by molar-refractivity contribution is -0.146. The van der Waals surface area contributed by atoms with Crippen LogP contribution in [-0.4, -0.2) is 53.0 Å². The molecule has 1 aliphatic heterocycles. The molecule has 3 rings (SSSR count). The molecule has 2 aromatic carbocycles. The van der Waals surface area contributed by atoms with Crippen molar-refractivity contribution in [2.24, 2.45) is 5.92 Å². The van der Waals surface area contributed by atoms with Crippen molar-refractivity contribution in [3.05, 3.63) is 36.4 Å². The van der Waals surface area contributed by atoms with Gasteiger partial charge in [-0.1, -0.05) is 24.3 Å². The van der Waals surface area contributed by atoms with Crippen molar-refractivity contribution >= 4 is 32.5 Å². The number of carbonyl (C=O) groups excluding carboxylic acids is 1. The molecular weight excluding hydrogens is 352 g/mol. The molecule has 0 spiro atoms. The Balaban J connectivity index is 1.96. The number of rotatable bonds is 4. The second-order valence-electron chi connectivity index (χ2n) is 6.72. The molecule has 0 unspecified atom stereocenters. The topological polar surface area (TPSA) is 66.9 Å². The molecule has 6 nitrogen and oxygen atoms in total. The number of ether oxygens (including phenoxy) is 1. The first-order valence-corrected chi connectivity index (χ1v) is 10.1. The number of fused-ring (bicyclic) bond motifs is 1. The number of sulfonamides is 1. The standard InChI is InChI=1S/C19H24N2O4S/c1-20(2)17-8-4-7-16-15(17)6-5-9-18(16)26(23,24)21-12-10-14(11-13-21)19(22)25-3/h4-9,14H,10-13H2,1-3H3. The Morgan fingerprint density at radius 3 is 2.31 bits per heavy atom. The van der Waals surface area contributed by atoms with Crippen molar-refractivity contribution in [3.63, 3.8) is 0 Å². The molecule has 7 heteroatoms. The number of nitrogens with zero attached hydrogens (tertiary/aromatic N) is 2. The van der Waals surface area contributed by atoms with Crippen LogP contribution >= 0.6 is 0 Å². The minimum atomic E-state index is -3.62. The van der Waals surface area contributed by atoms with Crippen LogP contribution in [0.25, 0.3) is 10.8 Å². The van der Waals surface area contributed by atoms with Crippen molar-refractivity contribution in [1.82, 2.24) is 4.31 Å². The molecule has 0 aromatic heterocycles. The van der Waals surface area contributed by atoms with E-state index >= 15 is 0 Å². The highest BCUT2D eigenvalue weighted by atomic mass is 32.2.